The Kier molecular flexibility index (Phi) is 4.89. The van der Waals surface area contributed by atoms with Gasteiger partial charge in [0.1, 0.15) is 5.82 Å². The molecule has 0 saturated heterocycles. The number of benzene rings is 1. The lowest BCUT2D eigenvalue weighted by atomic mass is 9.92. The van der Waals surface area contributed by atoms with Crippen molar-refractivity contribution in [3.8, 4) is 0 Å². The van der Waals surface area contributed by atoms with Gasteiger partial charge < -0.3 is 15.6 Å². The van der Waals surface area contributed by atoms with Crippen LogP contribution in [0.15, 0.2) is 34.2 Å². The smallest absolute Gasteiger partial charge is 0.257 e. The fourth-order valence-electron chi connectivity index (χ4n) is 2.71. The van der Waals surface area contributed by atoms with Gasteiger partial charge in [-0.15, -0.1) is 0 Å². The number of anilines is 2. The highest BCUT2D eigenvalue weighted by Gasteiger charge is 2.34. The molecule has 1 aliphatic heterocycles. The van der Waals surface area contributed by atoms with Gasteiger partial charge in [-0.3, -0.25) is 14.4 Å². The third kappa shape index (κ3) is 3.58. The summed E-state index contributed by atoms with van der Waals surface area (Å²) in [6, 6.07) is 7.34. The van der Waals surface area contributed by atoms with Crippen LogP contribution in [0.4, 0.5) is 11.5 Å². The standard InChI is InChI=1S/C17H18N4O3S/c1-3-25-17-20-14-13(16(24)21-17)10(8-12(22)19-14)15(23)18-11-7-5-4-6-9(11)2/h4-7,10H,3,8H2,1-2H3,(H,18,23)(H2,19,20,21,22,24)/t10-/m1/s1. The summed E-state index contributed by atoms with van der Waals surface area (Å²) in [5.41, 5.74) is 1.36. The van der Waals surface area contributed by atoms with Crippen LogP contribution in [0.5, 0.6) is 0 Å². The van der Waals surface area contributed by atoms with Crippen LogP contribution < -0.4 is 16.2 Å². The molecule has 130 valence electrons. The van der Waals surface area contributed by atoms with E-state index in [4.69, 9.17) is 0 Å². The molecule has 7 nitrogen and oxygen atoms in total. The Morgan fingerprint density at radius 2 is 2.12 bits per heavy atom. The fraction of sp³-hybridized carbons (Fsp3) is 0.294. The van der Waals surface area contributed by atoms with E-state index in [1.165, 1.54) is 11.8 Å². The van der Waals surface area contributed by atoms with Crippen molar-refractivity contribution >= 4 is 35.1 Å². The van der Waals surface area contributed by atoms with E-state index in [9.17, 15) is 14.4 Å². The van der Waals surface area contributed by atoms with Crippen molar-refractivity contribution in [2.24, 2.45) is 0 Å². The third-order valence-corrected chi connectivity index (χ3v) is 4.69. The van der Waals surface area contributed by atoms with E-state index in [1.54, 1.807) is 6.07 Å². The SMILES string of the molecule is CCSc1nc2c(c(=O)[nH]1)[C@H](C(=O)Nc1ccccc1C)CC(=O)N2. The van der Waals surface area contributed by atoms with Crippen LogP contribution in [0.1, 0.15) is 30.4 Å². The first kappa shape index (κ1) is 17.2. The van der Waals surface area contributed by atoms with Crippen LogP contribution >= 0.6 is 11.8 Å². The predicted molar refractivity (Wildman–Crippen MR) is 97.1 cm³/mol. The van der Waals surface area contributed by atoms with E-state index in [0.29, 0.717) is 10.8 Å². The molecule has 3 N–H and O–H groups in total. The number of aryl methyl sites for hydroxylation is 1. The summed E-state index contributed by atoms with van der Waals surface area (Å²) in [6.45, 7) is 3.81. The zero-order chi connectivity index (χ0) is 18.0. The van der Waals surface area contributed by atoms with Gasteiger partial charge >= 0.3 is 0 Å². The number of hydrogen-bond acceptors (Lipinski definition) is 5. The van der Waals surface area contributed by atoms with E-state index in [0.717, 1.165) is 11.3 Å². The molecule has 0 spiro atoms. The number of aromatic amines is 1. The summed E-state index contributed by atoms with van der Waals surface area (Å²) in [5.74, 6) is -0.704. The lowest BCUT2D eigenvalue weighted by Gasteiger charge is -2.23. The maximum absolute atomic E-state index is 12.7. The highest BCUT2D eigenvalue weighted by molar-refractivity contribution is 7.99. The Morgan fingerprint density at radius 3 is 2.84 bits per heavy atom. The van der Waals surface area contributed by atoms with Crippen LogP contribution in [-0.2, 0) is 9.59 Å². The van der Waals surface area contributed by atoms with Gasteiger partial charge in [0.05, 0.1) is 11.5 Å². The molecule has 0 fully saturated rings. The largest absolute Gasteiger partial charge is 0.325 e. The predicted octanol–water partition coefficient (Wildman–Crippen LogP) is 2.25. The van der Waals surface area contributed by atoms with Gasteiger partial charge in [0.25, 0.3) is 5.56 Å². The molecular weight excluding hydrogens is 340 g/mol. The van der Waals surface area contributed by atoms with E-state index in [2.05, 4.69) is 20.6 Å². The molecule has 0 bridgehead atoms. The Balaban J connectivity index is 1.96. The van der Waals surface area contributed by atoms with Crippen LogP contribution in [0.3, 0.4) is 0 Å². The maximum atomic E-state index is 12.7. The van der Waals surface area contributed by atoms with Crippen molar-refractivity contribution in [1.82, 2.24) is 9.97 Å². The van der Waals surface area contributed by atoms with Gasteiger partial charge in [-0.2, -0.15) is 0 Å². The minimum Gasteiger partial charge on any atom is -0.325 e. The summed E-state index contributed by atoms with van der Waals surface area (Å²) >= 11 is 1.36. The number of hydrogen-bond donors (Lipinski definition) is 3. The molecule has 0 saturated carbocycles. The van der Waals surface area contributed by atoms with Crippen molar-refractivity contribution < 1.29 is 9.59 Å². The first-order valence-corrected chi connectivity index (χ1v) is 8.91. The molecule has 1 aliphatic rings. The Morgan fingerprint density at radius 1 is 1.36 bits per heavy atom. The average molecular weight is 358 g/mol. The second-order valence-corrected chi connectivity index (χ2v) is 6.93. The van der Waals surface area contributed by atoms with E-state index >= 15 is 0 Å². The van der Waals surface area contributed by atoms with Crippen molar-refractivity contribution in [1.29, 1.82) is 0 Å². The molecule has 1 atom stereocenters. The van der Waals surface area contributed by atoms with Crippen LogP contribution in [-0.4, -0.2) is 27.5 Å². The van der Waals surface area contributed by atoms with Crippen molar-refractivity contribution in [3.63, 3.8) is 0 Å². The van der Waals surface area contributed by atoms with Crippen molar-refractivity contribution in [2.75, 3.05) is 16.4 Å². The summed E-state index contributed by atoms with van der Waals surface area (Å²) in [7, 11) is 0. The third-order valence-electron chi connectivity index (χ3n) is 3.93. The molecule has 3 rings (SSSR count). The first-order chi connectivity index (χ1) is 12.0. The van der Waals surface area contributed by atoms with Crippen LogP contribution in [0.2, 0.25) is 0 Å². The summed E-state index contributed by atoms with van der Waals surface area (Å²) in [4.78, 5) is 44.1. The number of nitrogens with one attached hydrogen (secondary N) is 3. The molecule has 8 heteroatoms. The number of rotatable bonds is 4. The Bertz CT molecular complexity index is 894. The first-order valence-electron chi connectivity index (χ1n) is 7.93. The Labute approximate surface area is 148 Å². The quantitative estimate of drug-likeness (QED) is 0.574. The number of carbonyl (C=O) groups is 2. The molecule has 25 heavy (non-hydrogen) atoms. The number of H-pyrrole nitrogens is 1. The van der Waals surface area contributed by atoms with Gasteiger partial charge in [0.2, 0.25) is 11.8 Å². The molecule has 0 aliphatic carbocycles. The van der Waals surface area contributed by atoms with Gasteiger partial charge in [-0.05, 0) is 24.3 Å². The zero-order valence-electron chi connectivity index (χ0n) is 13.9. The topological polar surface area (TPSA) is 104 Å². The second kappa shape index (κ2) is 7.10. The van der Waals surface area contributed by atoms with Gasteiger partial charge in [-0.25, -0.2) is 4.98 Å². The number of carbonyl (C=O) groups excluding carboxylic acids is 2. The molecule has 2 aromatic rings. The number of amides is 2. The number of para-hydroxylation sites is 1. The summed E-state index contributed by atoms with van der Waals surface area (Å²) in [6.07, 6.45) is -0.0876. The zero-order valence-corrected chi connectivity index (χ0v) is 14.7. The fourth-order valence-corrected chi connectivity index (χ4v) is 3.31. The number of aromatic nitrogens is 2. The van der Waals surface area contributed by atoms with Gasteiger partial charge in [-0.1, -0.05) is 36.9 Å². The minimum absolute atomic E-state index is 0.0876. The highest BCUT2D eigenvalue weighted by Crippen LogP contribution is 2.30. The molecular formula is C17H18N4O3S. The molecule has 1 aromatic heterocycles. The van der Waals surface area contributed by atoms with E-state index < -0.39 is 17.4 Å². The minimum atomic E-state index is -0.875. The second-order valence-electron chi connectivity index (χ2n) is 5.68. The average Bonchev–Trinajstić information content (AvgIpc) is 2.56. The van der Waals surface area contributed by atoms with Gasteiger partial charge in [0.15, 0.2) is 5.16 Å². The van der Waals surface area contributed by atoms with Crippen LogP contribution in [0.25, 0.3) is 0 Å². The van der Waals surface area contributed by atoms with Crippen molar-refractivity contribution in [2.45, 2.75) is 31.3 Å². The lowest BCUT2D eigenvalue weighted by Crippen LogP contribution is -2.36. The molecule has 2 heterocycles. The summed E-state index contributed by atoms with van der Waals surface area (Å²) in [5, 5.41) is 5.82. The Hall–Kier alpha value is -2.61. The maximum Gasteiger partial charge on any atom is 0.257 e. The molecule has 0 radical (unpaired) electrons. The molecule has 1 aromatic carbocycles. The number of fused-ring (bicyclic) bond motifs is 1. The number of thioether (sulfide) groups is 1. The van der Waals surface area contributed by atoms with E-state index in [1.807, 2.05) is 32.0 Å². The van der Waals surface area contributed by atoms with Gasteiger partial charge in [0, 0.05) is 12.1 Å². The van der Waals surface area contributed by atoms with Crippen LogP contribution in [0, 0.1) is 6.92 Å². The lowest BCUT2D eigenvalue weighted by molar-refractivity contribution is -0.123. The van der Waals surface area contributed by atoms with Crippen molar-refractivity contribution in [3.05, 3.63) is 45.7 Å². The molecule has 0 unspecified atom stereocenters. The summed E-state index contributed by atoms with van der Waals surface area (Å²) < 4.78 is 0. The van der Waals surface area contributed by atoms with E-state index in [-0.39, 0.29) is 23.7 Å². The normalized spacial score (nSPS) is 16.1. The monoisotopic (exact) mass is 358 g/mol. The highest BCUT2D eigenvalue weighted by atomic mass is 32.2. The molecule has 2 amide bonds. The number of nitrogens with zero attached hydrogens (tertiary/aromatic N) is 1.